The molecule has 1 aliphatic heterocycles. The molecule has 2 unspecified atom stereocenters. The van der Waals surface area contributed by atoms with E-state index in [1.54, 1.807) is 0 Å². The van der Waals surface area contributed by atoms with Crippen molar-refractivity contribution in [2.75, 3.05) is 13.2 Å². The van der Waals surface area contributed by atoms with Gasteiger partial charge >= 0.3 is 5.97 Å². The number of carboxylic acid groups (broad SMARTS) is 1. The number of amides is 1. The lowest BCUT2D eigenvalue weighted by molar-refractivity contribution is -0.156. The van der Waals surface area contributed by atoms with Gasteiger partial charge in [0, 0.05) is 6.61 Å². The van der Waals surface area contributed by atoms with Gasteiger partial charge in [-0.05, 0) is 19.8 Å². The first kappa shape index (κ1) is 11.9. The van der Waals surface area contributed by atoms with Crippen LogP contribution in [0, 0.1) is 0 Å². The summed E-state index contributed by atoms with van der Waals surface area (Å²) in [5, 5.41) is 20.3. The molecule has 1 heterocycles. The summed E-state index contributed by atoms with van der Waals surface area (Å²) in [6.45, 7) is 1.36. The van der Waals surface area contributed by atoms with Gasteiger partial charge in [0.2, 0.25) is 5.91 Å². The molecule has 1 saturated heterocycles. The second-order valence-electron chi connectivity index (χ2n) is 3.80. The van der Waals surface area contributed by atoms with Crippen LogP contribution in [0.1, 0.15) is 19.8 Å². The Morgan fingerprint density at radius 1 is 1.60 bits per heavy atom. The van der Waals surface area contributed by atoms with Gasteiger partial charge in [0.25, 0.3) is 0 Å². The fraction of sp³-hybridized carbons (Fsp3) is 0.778. The van der Waals surface area contributed by atoms with Crippen molar-refractivity contribution < 1.29 is 24.5 Å². The lowest BCUT2D eigenvalue weighted by Crippen LogP contribution is -2.48. The van der Waals surface area contributed by atoms with E-state index >= 15 is 0 Å². The minimum Gasteiger partial charge on any atom is -0.479 e. The monoisotopic (exact) mass is 217 g/mol. The van der Waals surface area contributed by atoms with Crippen molar-refractivity contribution in [1.29, 1.82) is 0 Å². The molecule has 0 aliphatic carbocycles. The van der Waals surface area contributed by atoms with Gasteiger partial charge < -0.3 is 20.3 Å². The zero-order chi connectivity index (χ0) is 11.5. The van der Waals surface area contributed by atoms with E-state index in [2.05, 4.69) is 5.32 Å². The van der Waals surface area contributed by atoms with Gasteiger partial charge in [-0.15, -0.1) is 0 Å². The van der Waals surface area contributed by atoms with E-state index in [1.165, 1.54) is 0 Å². The average Bonchev–Trinajstić information content (AvgIpc) is 2.66. The molecular weight excluding hydrogens is 202 g/mol. The average molecular weight is 217 g/mol. The van der Waals surface area contributed by atoms with Crippen LogP contribution in [0.25, 0.3) is 0 Å². The Kier molecular flexibility index (Phi) is 3.65. The van der Waals surface area contributed by atoms with Crippen LogP contribution in [-0.2, 0) is 14.3 Å². The molecule has 1 aliphatic rings. The van der Waals surface area contributed by atoms with E-state index in [9.17, 15) is 14.7 Å². The lowest BCUT2D eigenvalue weighted by atomic mass is 10.1. The molecule has 0 saturated carbocycles. The number of aliphatic carboxylic acids is 1. The van der Waals surface area contributed by atoms with E-state index in [4.69, 9.17) is 9.84 Å². The number of ether oxygens (including phenoxy) is 1. The smallest absolute Gasteiger partial charge is 0.337 e. The van der Waals surface area contributed by atoms with E-state index in [-0.39, 0.29) is 12.5 Å². The fourth-order valence-electron chi connectivity index (χ4n) is 1.23. The van der Waals surface area contributed by atoms with Crippen LogP contribution in [0.3, 0.4) is 0 Å². The van der Waals surface area contributed by atoms with Crippen molar-refractivity contribution >= 4 is 11.9 Å². The Labute approximate surface area is 87.2 Å². The van der Waals surface area contributed by atoms with Crippen molar-refractivity contribution in [2.45, 2.75) is 31.5 Å². The molecule has 2 atom stereocenters. The molecule has 0 radical (unpaired) electrons. The number of hydrogen-bond acceptors (Lipinski definition) is 4. The maximum atomic E-state index is 11.4. The quantitative estimate of drug-likeness (QED) is 0.568. The first-order valence-corrected chi connectivity index (χ1v) is 4.78. The van der Waals surface area contributed by atoms with Gasteiger partial charge in [-0.2, -0.15) is 0 Å². The summed E-state index contributed by atoms with van der Waals surface area (Å²) in [6.07, 6.45) is 0.962. The molecule has 1 rings (SSSR count). The van der Waals surface area contributed by atoms with Crippen LogP contribution in [0.15, 0.2) is 0 Å². The number of aliphatic hydroxyl groups is 1. The third-order valence-electron chi connectivity index (χ3n) is 2.29. The molecular formula is C9H15NO5. The number of hydrogen-bond donors (Lipinski definition) is 3. The molecule has 0 spiro atoms. The fourth-order valence-corrected chi connectivity index (χ4v) is 1.23. The molecule has 1 fully saturated rings. The molecule has 3 N–H and O–H groups in total. The Morgan fingerprint density at radius 2 is 2.27 bits per heavy atom. The zero-order valence-corrected chi connectivity index (χ0v) is 8.52. The molecule has 15 heavy (non-hydrogen) atoms. The maximum absolute atomic E-state index is 11.4. The van der Waals surface area contributed by atoms with Gasteiger partial charge in [0.05, 0.1) is 6.54 Å². The SMILES string of the molecule is CC(O)(CNC(=O)C1CCCO1)C(=O)O. The van der Waals surface area contributed by atoms with Crippen molar-refractivity contribution in [2.24, 2.45) is 0 Å². The van der Waals surface area contributed by atoms with Gasteiger partial charge in [-0.3, -0.25) is 4.79 Å². The van der Waals surface area contributed by atoms with Crippen LogP contribution >= 0.6 is 0 Å². The summed E-state index contributed by atoms with van der Waals surface area (Å²) in [7, 11) is 0. The molecule has 6 nitrogen and oxygen atoms in total. The number of carbonyl (C=O) groups excluding carboxylic acids is 1. The van der Waals surface area contributed by atoms with Crippen LogP contribution < -0.4 is 5.32 Å². The van der Waals surface area contributed by atoms with Gasteiger partial charge in [0.15, 0.2) is 5.60 Å². The standard InChI is InChI=1S/C9H15NO5/c1-9(14,8(12)13)5-10-7(11)6-3-2-4-15-6/h6,14H,2-5H2,1H3,(H,10,11)(H,12,13). The summed E-state index contributed by atoms with van der Waals surface area (Å²) >= 11 is 0. The number of rotatable bonds is 4. The largest absolute Gasteiger partial charge is 0.479 e. The second kappa shape index (κ2) is 4.59. The molecule has 1 amide bonds. The highest BCUT2D eigenvalue weighted by Gasteiger charge is 2.32. The minimum atomic E-state index is -1.94. The number of carbonyl (C=O) groups is 2. The summed E-state index contributed by atoms with van der Waals surface area (Å²) in [5.41, 5.74) is -1.94. The summed E-state index contributed by atoms with van der Waals surface area (Å²) in [4.78, 5) is 21.9. The van der Waals surface area contributed by atoms with Gasteiger partial charge in [-0.25, -0.2) is 4.79 Å². The van der Waals surface area contributed by atoms with Crippen LogP contribution in [0.5, 0.6) is 0 Å². The lowest BCUT2D eigenvalue weighted by Gasteiger charge is -2.19. The molecule has 6 heteroatoms. The van der Waals surface area contributed by atoms with E-state index < -0.39 is 17.7 Å². The summed E-state index contributed by atoms with van der Waals surface area (Å²) in [5.74, 6) is -1.73. The van der Waals surface area contributed by atoms with Crippen molar-refractivity contribution in [3.05, 3.63) is 0 Å². The van der Waals surface area contributed by atoms with Crippen molar-refractivity contribution in [3.63, 3.8) is 0 Å². The topological polar surface area (TPSA) is 95.9 Å². The van der Waals surface area contributed by atoms with E-state index in [1.807, 2.05) is 0 Å². The highest BCUT2D eigenvalue weighted by Crippen LogP contribution is 2.12. The summed E-state index contributed by atoms with van der Waals surface area (Å²) < 4.78 is 5.10. The first-order chi connectivity index (χ1) is 6.93. The Bertz CT molecular complexity index is 257. The van der Waals surface area contributed by atoms with Crippen molar-refractivity contribution in [3.8, 4) is 0 Å². The molecule has 0 bridgehead atoms. The van der Waals surface area contributed by atoms with Gasteiger partial charge in [0.1, 0.15) is 6.10 Å². The molecule has 0 aromatic heterocycles. The minimum absolute atomic E-state index is 0.318. The first-order valence-electron chi connectivity index (χ1n) is 4.78. The van der Waals surface area contributed by atoms with Crippen LogP contribution in [0.2, 0.25) is 0 Å². The maximum Gasteiger partial charge on any atom is 0.337 e. The van der Waals surface area contributed by atoms with Gasteiger partial charge in [-0.1, -0.05) is 0 Å². The van der Waals surface area contributed by atoms with E-state index in [0.717, 1.165) is 13.3 Å². The molecule has 86 valence electrons. The highest BCUT2D eigenvalue weighted by molar-refractivity contribution is 5.83. The van der Waals surface area contributed by atoms with Crippen LogP contribution in [-0.4, -0.2) is 46.9 Å². The van der Waals surface area contributed by atoms with Crippen molar-refractivity contribution in [1.82, 2.24) is 5.32 Å². The normalized spacial score (nSPS) is 24.5. The highest BCUT2D eigenvalue weighted by atomic mass is 16.5. The predicted molar refractivity (Wildman–Crippen MR) is 50.2 cm³/mol. The van der Waals surface area contributed by atoms with E-state index in [0.29, 0.717) is 13.0 Å². The number of carboxylic acids is 1. The van der Waals surface area contributed by atoms with Crippen LogP contribution in [0.4, 0.5) is 0 Å². The zero-order valence-electron chi connectivity index (χ0n) is 8.52. The molecule has 0 aromatic carbocycles. The Morgan fingerprint density at radius 3 is 2.73 bits per heavy atom. The summed E-state index contributed by atoms with van der Waals surface area (Å²) in [6, 6.07) is 0. The second-order valence-corrected chi connectivity index (χ2v) is 3.80. The molecule has 0 aromatic rings. The third kappa shape index (κ3) is 3.17. The Balaban J connectivity index is 2.36. The predicted octanol–water partition coefficient (Wildman–Crippen LogP) is -0.883. The number of nitrogens with one attached hydrogen (secondary N) is 1. The Hall–Kier alpha value is -1.14. The third-order valence-corrected chi connectivity index (χ3v) is 2.29.